The summed E-state index contributed by atoms with van der Waals surface area (Å²) in [7, 11) is 1.90. The van der Waals surface area contributed by atoms with Crippen LogP contribution in [0.15, 0.2) is 55.1 Å². The number of hydrogen-bond acceptors (Lipinski definition) is 5. The molecule has 0 spiro atoms. The summed E-state index contributed by atoms with van der Waals surface area (Å²) in [4.78, 5) is 21.9. The second kappa shape index (κ2) is 7.49. The van der Waals surface area contributed by atoms with E-state index in [1.54, 1.807) is 18.5 Å². The molecule has 3 aromatic heterocycles. The van der Waals surface area contributed by atoms with Crippen LogP contribution in [0.2, 0.25) is 4.34 Å². The molecule has 0 unspecified atom stereocenters. The van der Waals surface area contributed by atoms with Gasteiger partial charge in [0, 0.05) is 30.8 Å². The number of benzene rings is 1. The lowest BCUT2D eigenvalue weighted by Gasteiger charge is -2.06. The highest BCUT2D eigenvalue weighted by Crippen LogP contribution is 2.23. The fourth-order valence-electron chi connectivity index (χ4n) is 2.75. The monoisotopic (exact) mass is 412 g/mol. The van der Waals surface area contributed by atoms with Gasteiger partial charge in [-0.15, -0.1) is 11.3 Å². The normalized spacial score (nSPS) is 10.9. The van der Waals surface area contributed by atoms with Gasteiger partial charge in [-0.3, -0.25) is 9.36 Å². The van der Waals surface area contributed by atoms with Crippen molar-refractivity contribution in [2.75, 3.05) is 5.73 Å². The van der Waals surface area contributed by atoms with Crippen molar-refractivity contribution in [3.05, 3.63) is 70.0 Å². The number of nitrogens with zero attached hydrogens (tertiary/aromatic N) is 4. The SMILES string of the molecule is Cn1cnc(-c2nc(CNC(=O)c3ccc(Cl)s3)cn2-c2ccc(N)cc2)c1. The maximum absolute atomic E-state index is 12.3. The minimum atomic E-state index is -0.182. The molecule has 0 radical (unpaired) electrons. The molecule has 1 amide bonds. The molecule has 9 heteroatoms. The minimum absolute atomic E-state index is 0.182. The van der Waals surface area contributed by atoms with Crippen LogP contribution in [0.1, 0.15) is 15.4 Å². The number of nitrogen functional groups attached to an aromatic ring is 1. The topological polar surface area (TPSA) is 90.8 Å². The molecule has 142 valence electrons. The third-order valence-corrected chi connectivity index (χ3v) is 5.32. The maximum Gasteiger partial charge on any atom is 0.261 e. The summed E-state index contributed by atoms with van der Waals surface area (Å²) >= 11 is 7.14. The first kappa shape index (κ1) is 18.3. The van der Waals surface area contributed by atoms with Crippen LogP contribution in [-0.2, 0) is 13.6 Å². The number of carbonyl (C=O) groups is 1. The molecule has 0 saturated carbocycles. The molecule has 28 heavy (non-hydrogen) atoms. The molecule has 4 rings (SSSR count). The Bertz CT molecular complexity index is 1130. The van der Waals surface area contributed by atoms with Gasteiger partial charge in [0.1, 0.15) is 5.69 Å². The van der Waals surface area contributed by atoms with Gasteiger partial charge in [-0.2, -0.15) is 0 Å². The quantitative estimate of drug-likeness (QED) is 0.491. The zero-order chi connectivity index (χ0) is 19.7. The van der Waals surface area contributed by atoms with Gasteiger partial charge in [-0.25, -0.2) is 9.97 Å². The number of halogens is 1. The van der Waals surface area contributed by atoms with Crippen LogP contribution in [-0.4, -0.2) is 25.0 Å². The Hall–Kier alpha value is -3.10. The lowest BCUT2D eigenvalue weighted by atomic mass is 10.3. The molecule has 3 heterocycles. The highest BCUT2D eigenvalue weighted by atomic mass is 35.5. The van der Waals surface area contributed by atoms with Crippen molar-refractivity contribution in [3.63, 3.8) is 0 Å². The van der Waals surface area contributed by atoms with Crippen LogP contribution in [0.25, 0.3) is 17.2 Å². The molecule has 0 atom stereocenters. The van der Waals surface area contributed by atoms with Crippen LogP contribution < -0.4 is 11.1 Å². The predicted octanol–water partition coefficient (Wildman–Crippen LogP) is 3.50. The van der Waals surface area contributed by atoms with Crippen LogP contribution in [0.4, 0.5) is 5.69 Å². The van der Waals surface area contributed by atoms with Crippen LogP contribution in [0.3, 0.4) is 0 Å². The number of carbonyl (C=O) groups excluding carboxylic acids is 1. The largest absolute Gasteiger partial charge is 0.399 e. The van der Waals surface area contributed by atoms with E-state index in [0.29, 0.717) is 26.4 Å². The zero-order valence-electron chi connectivity index (χ0n) is 15.0. The number of nitrogens with one attached hydrogen (secondary N) is 1. The van der Waals surface area contributed by atoms with Crippen molar-refractivity contribution in [1.82, 2.24) is 24.4 Å². The second-order valence-corrected chi connectivity index (χ2v) is 7.94. The first-order valence-electron chi connectivity index (χ1n) is 8.45. The van der Waals surface area contributed by atoms with E-state index >= 15 is 0 Å². The molecule has 0 aliphatic rings. The standard InChI is InChI=1S/C19H17ClN6OS/c1-25-10-15(23-11-25)18-24-13(8-22-19(27)16-6-7-17(20)28-16)9-26(18)14-4-2-12(21)3-5-14/h2-7,9-11H,8,21H2,1H3,(H,22,27). The summed E-state index contributed by atoms with van der Waals surface area (Å²) in [6.07, 6.45) is 5.50. The molecule has 3 N–H and O–H groups in total. The summed E-state index contributed by atoms with van der Waals surface area (Å²) in [6, 6.07) is 10.9. The molecular weight excluding hydrogens is 396 g/mol. The van der Waals surface area contributed by atoms with Crippen molar-refractivity contribution >= 4 is 34.5 Å². The Morgan fingerprint density at radius 1 is 1.21 bits per heavy atom. The lowest BCUT2D eigenvalue weighted by molar-refractivity contribution is 0.0954. The number of anilines is 1. The Morgan fingerprint density at radius 3 is 2.64 bits per heavy atom. The first-order chi connectivity index (χ1) is 13.5. The number of imidazole rings is 2. The van der Waals surface area contributed by atoms with Crippen LogP contribution >= 0.6 is 22.9 Å². The van der Waals surface area contributed by atoms with E-state index in [1.807, 2.05) is 52.8 Å². The Kier molecular flexibility index (Phi) is 4.89. The van der Waals surface area contributed by atoms with E-state index in [-0.39, 0.29) is 12.5 Å². The molecule has 4 aromatic rings. The van der Waals surface area contributed by atoms with E-state index in [4.69, 9.17) is 17.3 Å². The number of aryl methyl sites for hydroxylation is 1. The summed E-state index contributed by atoms with van der Waals surface area (Å²) in [5, 5.41) is 2.88. The van der Waals surface area contributed by atoms with Gasteiger partial charge < -0.3 is 15.6 Å². The third-order valence-electron chi connectivity index (χ3n) is 4.09. The van der Waals surface area contributed by atoms with Crippen molar-refractivity contribution < 1.29 is 4.79 Å². The van der Waals surface area contributed by atoms with Gasteiger partial charge in [-0.05, 0) is 36.4 Å². The molecule has 7 nitrogen and oxygen atoms in total. The number of thiophene rings is 1. The van der Waals surface area contributed by atoms with Gasteiger partial charge in [0.05, 0.1) is 27.8 Å². The number of amides is 1. The van der Waals surface area contributed by atoms with E-state index < -0.39 is 0 Å². The van der Waals surface area contributed by atoms with Crippen molar-refractivity contribution in [2.45, 2.75) is 6.54 Å². The Labute approximate surface area is 170 Å². The predicted molar refractivity (Wildman–Crippen MR) is 111 cm³/mol. The fraction of sp³-hybridized carbons (Fsp3) is 0.105. The molecule has 0 aliphatic heterocycles. The fourth-order valence-corrected chi connectivity index (χ4v) is 3.71. The molecular formula is C19H17ClN6OS. The van der Waals surface area contributed by atoms with Crippen molar-refractivity contribution in [1.29, 1.82) is 0 Å². The van der Waals surface area contributed by atoms with Crippen LogP contribution in [0.5, 0.6) is 0 Å². The summed E-state index contributed by atoms with van der Waals surface area (Å²) < 4.78 is 4.38. The molecule has 0 bridgehead atoms. The number of nitrogens with two attached hydrogens (primary N) is 1. The average molecular weight is 413 g/mol. The third kappa shape index (κ3) is 3.78. The highest BCUT2D eigenvalue weighted by Gasteiger charge is 2.15. The van der Waals surface area contributed by atoms with E-state index in [0.717, 1.165) is 11.4 Å². The van der Waals surface area contributed by atoms with Crippen LogP contribution in [0, 0.1) is 0 Å². The molecule has 1 aromatic carbocycles. The van der Waals surface area contributed by atoms with E-state index in [2.05, 4.69) is 15.3 Å². The van der Waals surface area contributed by atoms with E-state index in [1.165, 1.54) is 11.3 Å². The Balaban J connectivity index is 1.63. The summed E-state index contributed by atoms with van der Waals surface area (Å²) in [5.74, 6) is 0.507. The molecule has 0 aliphatic carbocycles. The van der Waals surface area contributed by atoms with Gasteiger partial charge in [-0.1, -0.05) is 11.6 Å². The van der Waals surface area contributed by atoms with Gasteiger partial charge >= 0.3 is 0 Å². The van der Waals surface area contributed by atoms with Gasteiger partial charge in [0.15, 0.2) is 5.82 Å². The van der Waals surface area contributed by atoms with Gasteiger partial charge in [0.25, 0.3) is 5.91 Å². The molecule has 0 saturated heterocycles. The maximum atomic E-state index is 12.3. The summed E-state index contributed by atoms with van der Waals surface area (Å²) in [5.41, 5.74) is 8.85. The second-order valence-electron chi connectivity index (χ2n) is 6.23. The van der Waals surface area contributed by atoms with E-state index in [9.17, 15) is 4.79 Å². The minimum Gasteiger partial charge on any atom is -0.399 e. The zero-order valence-corrected chi connectivity index (χ0v) is 16.5. The van der Waals surface area contributed by atoms with Crippen molar-refractivity contribution in [2.24, 2.45) is 7.05 Å². The van der Waals surface area contributed by atoms with Gasteiger partial charge in [0.2, 0.25) is 0 Å². The number of aromatic nitrogens is 4. The van der Waals surface area contributed by atoms with Crippen molar-refractivity contribution in [3.8, 4) is 17.2 Å². The highest BCUT2D eigenvalue weighted by molar-refractivity contribution is 7.17. The Morgan fingerprint density at radius 2 is 2.00 bits per heavy atom. The molecule has 0 fully saturated rings. The average Bonchev–Trinajstić information content (AvgIpc) is 3.40. The number of hydrogen-bond donors (Lipinski definition) is 2. The first-order valence-corrected chi connectivity index (χ1v) is 9.65. The number of rotatable bonds is 5. The summed E-state index contributed by atoms with van der Waals surface area (Å²) in [6.45, 7) is 0.288. The smallest absolute Gasteiger partial charge is 0.261 e. The lowest BCUT2D eigenvalue weighted by Crippen LogP contribution is -2.21.